The van der Waals surface area contributed by atoms with E-state index in [1.165, 1.54) is 24.3 Å². The summed E-state index contributed by atoms with van der Waals surface area (Å²) in [6.45, 7) is 0.0452. The lowest BCUT2D eigenvalue weighted by molar-refractivity contribution is 0.580. The van der Waals surface area contributed by atoms with E-state index >= 15 is 0 Å². The van der Waals surface area contributed by atoms with Gasteiger partial charge in [0.15, 0.2) is 0 Å². The molecule has 2 aromatic carbocycles. The summed E-state index contributed by atoms with van der Waals surface area (Å²) in [5.74, 6) is 0.0984. The first kappa shape index (κ1) is 15.9. The van der Waals surface area contributed by atoms with Gasteiger partial charge in [-0.05, 0) is 41.8 Å². The van der Waals surface area contributed by atoms with Crippen LogP contribution in [-0.2, 0) is 23.0 Å². The zero-order valence-corrected chi connectivity index (χ0v) is 12.8. The molecule has 0 heterocycles. The van der Waals surface area contributed by atoms with Gasteiger partial charge in [-0.15, -0.1) is 11.6 Å². The molecule has 2 rings (SSSR count). The van der Waals surface area contributed by atoms with Crippen molar-refractivity contribution < 1.29 is 12.8 Å². The molecular formula is C15H15ClFNO2S. The van der Waals surface area contributed by atoms with Gasteiger partial charge in [-0.2, -0.15) is 0 Å². The fourth-order valence-electron chi connectivity index (χ4n) is 1.85. The van der Waals surface area contributed by atoms with E-state index in [9.17, 15) is 12.8 Å². The number of halogens is 2. The Morgan fingerprint density at radius 3 is 2.38 bits per heavy atom. The summed E-state index contributed by atoms with van der Waals surface area (Å²) >= 11 is 5.63. The average Bonchev–Trinajstić information content (AvgIpc) is 2.46. The molecule has 3 nitrogen and oxygen atoms in total. The van der Waals surface area contributed by atoms with Crippen molar-refractivity contribution in [2.75, 3.05) is 5.88 Å². The van der Waals surface area contributed by atoms with Gasteiger partial charge in [-0.1, -0.05) is 24.3 Å². The van der Waals surface area contributed by atoms with E-state index in [0.29, 0.717) is 17.9 Å². The monoisotopic (exact) mass is 327 g/mol. The van der Waals surface area contributed by atoms with E-state index < -0.39 is 15.8 Å². The first-order valence-electron chi connectivity index (χ1n) is 6.40. The molecule has 0 amide bonds. The molecule has 0 aliphatic heterocycles. The zero-order chi connectivity index (χ0) is 15.3. The van der Waals surface area contributed by atoms with Crippen molar-refractivity contribution in [1.82, 2.24) is 4.72 Å². The molecule has 21 heavy (non-hydrogen) atoms. The molecule has 0 fully saturated rings. The SMILES string of the molecule is O=S(=O)(NCc1cccc(F)c1)c1ccc(CCCl)cc1. The highest BCUT2D eigenvalue weighted by Gasteiger charge is 2.13. The number of rotatable bonds is 6. The van der Waals surface area contributed by atoms with Crippen LogP contribution in [0.5, 0.6) is 0 Å². The molecule has 0 aliphatic rings. The van der Waals surface area contributed by atoms with Gasteiger partial charge in [0, 0.05) is 12.4 Å². The predicted molar refractivity (Wildman–Crippen MR) is 81.3 cm³/mol. The molecule has 0 aromatic heterocycles. The molecule has 0 unspecified atom stereocenters. The third-order valence-corrected chi connectivity index (χ3v) is 4.58. The largest absolute Gasteiger partial charge is 0.240 e. The summed E-state index contributed by atoms with van der Waals surface area (Å²) < 4.78 is 39.7. The van der Waals surface area contributed by atoms with Gasteiger partial charge in [0.1, 0.15) is 5.82 Å². The van der Waals surface area contributed by atoms with Crippen molar-refractivity contribution in [1.29, 1.82) is 0 Å². The molecule has 0 atom stereocenters. The van der Waals surface area contributed by atoms with Gasteiger partial charge < -0.3 is 0 Å². The van der Waals surface area contributed by atoms with Crippen molar-refractivity contribution in [3.8, 4) is 0 Å². The van der Waals surface area contributed by atoms with Gasteiger partial charge in [-0.25, -0.2) is 17.5 Å². The topological polar surface area (TPSA) is 46.2 Å². The maximum Gasteiger partial charge on any atom is 0.240 e. The number of hydrogen-bond acceptors (Lipinski definition) is 2. The Bertz CT molecular complexity index is 702. The van der Waals surface area contributed by atoms with Crippen LogP contribution < -0.4 is 4.72 Å². The fraction of sp³-hybridized carbons (Fsp3) is 0.200. The molecule has 0 radical (unpaired) electrons. The van der Waals surface area contributed by atoms with Crippen LogP contribution in [0.15, 0.2) is 53.4 Å². The van der Waals surface area contributed by atoms with E-state index in [1.54, 1.807) is 24.3 Å². The standard InChI is InChI=1S/C15H15ClFNO2S/c16-9-8-12-4-6-15(7-5-12)21(19,20)18-11-13-2-1-3-14(17)10-13/h1-7,10,18H,8-9,11H2. The highest BCUT2D eigenvalue weighted by Crippen LogP contribution is 2.12. The number of nitrogens with one attached hydrogen (secondary N) is 1. The fourth-order valence-corrected chi connectivity index (χ4v) is 3.09. The zero-order valence-electron chi connectivity index (χ0n) is 11.2. The lowest BCUT2D eigenvalue weighted by Gasteiger charge is -2.08. The van der Waals surface area contributed by atoms with E-state index in [4.69, 9.17) is 11.6 Å². The van der Waals surface area contributed by atoms with Gasteiger partial charge in [0.25, 0.3) is 0 Å². The second-order valence-corrected chi connectivity index (χ2v) is 6.68. The maximum atomic E-state index is 13.0. The van der Waals surface area contributed by atoms with Gasteiger partial charge >= 0.3 is 0 Å². The predicted octanol–water partition coefficient (Wildman–Crippen LogP) is 3.09. The molecule has 0 spiro atoms. The quantitative estimate of drug-likeness (QED) is 0.829. The van der Waals surface area contributed by atoms with Crippen LogP contribution in [0, 0.1) is 5.82 Å². The third-order valence-electron chi connectivity index (χ3n) is 2.97. The van der Waals surface area contributed by atoms with Crippen LogP contribution in [0.25, 0.3) is 0 Å². The number of aryl methyl sites for hydroxylation is 1. The van der Waals surface area contributed by atoms with E-state index in [2.05, 4.69) is 4.72 Å². The van der Waals surface area contributed by atoms with E-state index in [0.717, 1.165) is 5.56 Å². The summed E-state index contributed by atoms with van der Waals surface area (Å²) in [4.78, 5) is 0.178. The molecule has 0 saturated heterocycles. The van der Waals surface area contributed by atoms with Crippen LogP contribution in [0.4, 0.5) is 4.39 Å². The second-order valence-electron chi connectivity index (χ2n) is 4.54. The minimum Gasteiger partial charge on any atom is -0.207 e. The van der Waals surface area contributed by atoms with Crippen LogP contribution in [-0.4, -0.2) is 14.3 Å². The molecule has 2 aromatic rings. The third kappa shape index (κ3) is 4.52. The lowest BCUT2D eigenvalue weighted by atomic mass is 10.2. The highest BCUT2D eigenvalue weighted by molar-refractivity contribution is 7.89. The summed E-state index contributed by atoms with van der Waals surface area (Å²) in [5, 5.41) is 0. The Morgan fingerprint density at radius 2 is 1.76 bits per heavy atom. The number of alkyl halides is 1. The molecule has 6 heteroatoms. The van der Waals surface area contributed by atoms with Crippen molar-refractivity contribution in [2.24, 2.45) is 0 Å². The van der Waals surface area contributed by atoms with Gasteiger partial charge in [-0.3, -0.25) is 0 Å². The van der Waals surface area contributed by atoms with Gasteiger partial charge in [0.05, 0.1) is 4.90 Å². The molecule has 0 saturated carbocycles. The van der Waals surface area contributed by atoms with Crippen molar-refractivity contribution >= 4 is 21.6 Å². The van der Waals surface area contributed by atoms with E-state index in [-0.39, 0.29) is 11.4 Å². The number of hydrogen-bond donors (Lipinski definition) is 1. The molecule has 0 bridgehead atoms. The first-order chi connectivity index (χ1) is 10.0. The Morgan fingerprint density at radius 1 is 1.05 bits per heavy atom. The number of sulfonamides is 1. The smallest absolute Gasteiger partial charge is 0.207 e. The van der Waals surface area contributed by atoms with Crippen molar-refractivity contribution in [2.45, 2.75) is 17.9 Å². The van der Waals surface area contributed by atoms with Crippen LogP contribution in [0.1, 0.15) is 11.1 Å². The van der Waals surface area contributed by atoms with Crippen molar-refractivity contribution in [3.63, 3.8) is 0 Å². The summed E-state index contributed by atoms with van der Waals surface area (Å²) in [6.07, 6.45) is 0.693. The maximum absolute atomic E-state index is 13.0. The van der Waals surface area contributed by atoms with Gasteiger partial charge in [0.2, 0.25) is 10.0 Å². The Labute approximate surface area is 128 Å². The molecule has 0 aliphatic carbocycles. The van der Waals surface area contributed by atoms with Crippen LogP contribution in [0.3, 0.4) is 0 Å². The Balaban J connectivity index is 2.07. The summed E-state index contributed by atoms with van der Waals surface area (Å²) in [6, 6.07) is 12.4. The van der Waals surface area contributed by atoms with Crippen LogP contribution in [0.2, 0.25) is 0 Å². The minimum atomic E-state index is -3.61. The minimum absolute atomic E-state index is 0.0452. The summed E-state index contributed by atoms with van der Waals surface area (Å²) in [7, 11) is -3.61. The Kier molecular flexibility index (Phi) is 5.33. The van der Waals surface area contributed by atoms with Crippen molar-refractivity contribution in [3.05, 3.63) is 65.5 Å². The second kappa shape index (κ2) is 7.02. The van der Waals surface area contributed by atoms with E-state index in [1.807, 2.05) is 0 Å². The molecular weight excluding hydrogens is 313 g/mol. The average molecular weight is 328 g/mol. The highest BCUT2D eigenvalue weighted by atomic mass is 35.5. The van der Waals surface area contributed by atoms with Crippen LogP contribution >= 0.6 is 11.6 Å². The first-order valence-corrected chi connectivity index (χ1v) is 8.42. The molecule has 112 valence electrons. The lowest BCUT2D eigenvalue weighted by Crippen LogP contribution is -2.23. The Hall–Kier alpha value is -1.43. The summed E-state index contributed by atoms with van der Waals surface area (Å²) in [5.41, 5.74) is 1.55. The number of benzene rings is 2. The molecule has 1 N–H and O–H groups in total. The normalized spacial score (nSPS) is 11.5.